The van der Waals surface area contributed by atoms with Crippen LogP contribution in [0.5, 0.6) is 0 Å². The van der Waals surface area contributed by atoms with E-state index in [4.69, 9.17) is 10.2 Å². The van der Waals surface area contributed by atoms with Gasteiger partial charge in [-0.2, -0.15) is 0 Å². The fourth-order valence-corrected chi connectivity index (χ4v) is 2.99. The number of imidazole rings is 1. The van der Waals surface area contributed by atoms with Crippen molar-refractivity contribution in [3.8, 4) is 0 Å². The average molecular weight is 298 g/mol. The molecule has 1 aliphatic heterocycles. The molecule has 4 rings (SSSR count). The third-order valence-corrected chi connectivity index (χ3v) is 4.12. The normalized spacial score (nSPS) is 17.5. The largest absolute Gasteiger partial charge is 0.426 e. The highest BCUT2D eigenvalue weighted by Gasteiger charge is 2.29. The number of hydrogen-bond donors (Lipinski definition) is 1. The van der Waals surface area contributed by atoms with Crippen molar-refractivity contribution in [2.24, 2.45) is 5.92 Å². The van der Waals surface area contributed by atoms with Gasteiger partial charge in [0.15, 0.2) is 5.58 Å². The van der Waals surface area contributed by atoms with Gasteiger partial charge in [0.25, 0.3) is 0 Å². The van der Waals surface area contributed by atoms with Crippen molar-refractivity contribution < 1.29 is 9.21 Å². The van der Waals surface area contributed by atoms with Crippen LogP contribution in [-0.2, 0) is 13.0 Å². The molecule has 1 unspecified atom stereocenters. The Morgan fingerprint density at radius 2 is 2.27 bits per heavy atom. The first kappa shape index (κ1) is 12.9. The highest BCUT2D eigenvalue weighted by molar-refractivity contribution is 5.91. The molecular weight excluding hydrogens is 284 g/mol. The number of hydrogen-bond acceptors (Lipinski definition) is 5. The molecule has 3 heterocycles. The zero-order chi connectivity index (χ0) is 15.3. The summed E-state index contributed by atoms with van der Waals surface area (Å²) in [6, 6.07) is 4.82. The van der Waals surface area contributed by atoms with Gasteiger partial charge in [0.2, 0.25) is 5.91 Å². The number of benzene rings is 1. The summed E-state index contributed by atoms with van der Waals surface area (Å²) in [6.45, 7) is 0.721. The number of carbonyl (C=O) groups is 1. The van der Waals surface area contributed by atoms with E-state index in [0.29, 0.717) is 29.6 Å². The highest BCUT2D eigenvalue weighted by atomic mass is 16.4. The monoisotopic (exact) mass is 298 g/mol. The maximum absolute atomic E-state index is 12.8. The second-order valence-corrected chi connectivity index (χ2v) is 5.50. The molecule has 0 aliphatic carbocycles. The number of fused-ring (bicyclic) bond motifs is 2. The second kappa shape index (κ2) is 4.59. The number of oxazole rings is 1. The van der Waals surface area contributed by atoms with Crippen molar-refractivity contribution >= 4 is 22.7 Å². The average Bonchev–Trinajstić information content (AvgIpc) is 3.08. The number of anilines is 1. The first-order chi connectivity index (χ1) is 10.6. The molecule has 2 aromatic heterocycles. The van der Waals surface area contributed by atoms with Crippen molar-refractivity contribution in [1.29, 1.82) is 0 Å². The van der Waals surface area contributed by atoms with Crippen molar-refractivity contribution in [1.82, 2.24) is 14.1 Å². The van der Waals surface area contributed by atoms with Crippen LogP contribution in [0.15, 0.2) is 39.8 Å². The molecule has 22 heavy (non-hydrogen) atoms. The number of nitrogens with zero attached hydrogens (tertiary/aromatic N) is 3. The van der Waals surface area contributed by atoms with Crippen molar-refractivity contribution in [2.75, 3.05) is 5.73 Å². The van der Waals surface area contributed by atoms with Crippen molar-refractivity contribution in [2.45, 2.75) is 19.4 Å². The van der Waals surface area contributed by atoms with E-state index in [1.165, 1.54) is 0 Å². The Balaban J connectivity index is 1.76. The molecular formula is C15H14N4O3. The fraction of sp³-hybridized carbons (Fsp3) is 0.267. The van der Waals surface area contributed by atoms with Crippen LogP contribution in [0.3, 0.4) is 0 Å². The lowest BCUT2D eigenvalue weighted by atomic mass is 9.96. The van der Waals surface area contributed by atoms with Crippen LogP contribution in [0, 0.1) is 5.92 Å². The van der Waals surface area contributed by atoms with Gasteiger partial charge in [-0.25, -0.2) is 14.3 Å². The lowest BCUT2D eigenvalue weighted by Crippen LogP contribution is -2.33. The summed E-state index contributed by atoms with van der Waals surface area (Å²) in [5, 5.41) is 0. The summed E-state index contributed by atoms with van der Waals surface area (Å²) in [5.74, 6) is -0.345. The highest BCUT2D eigenvalue weighted by Crippen LogP contribution is 2.23. The molecule has 1 aliphatic rings. The Labute approximate surface area is 125 Å². The molecule has 0 saturated heterocycles. The Morgan fingerprint density at radius 1 is 1.41 bits per heavy atom. The number of aromatic nitrogens is 3. The van der Waals surface area contributed by atoms with Gasteiger partial charge in [0.1, 0.15) is 11.3 Å². The van der Waals surface area contributed by atoms with Crippen LogP contribution >= 0.6 is 0 Å². The van der Waals surface area contributed by atoms with Crippen LogP contribution < -0.4 is 11.5 Å². The van der Waals surface area contributed by atoms with Crippen molar-refractivity contribution in [3.63, 3.8) is 0 Å². The molecule has 1 atom stereocenters. The molecule has 0 amide bonds. The molecule has 0 fully saturated rings. The Hall–Kier alpha value is -2.83. The minimum atomic E-state index is -0.667. The van der Waals surface area contributed by atoms with E-state index in [1.54, 1.807) is 24.4 Å². The van der Waals surface area contributed by atoms with Crippen LogP contribution in [0.4, 0.5) is 5.69 Å². The predicted octanol–water partition coefficient (Wildman–Crippen LogP) is 1.28. The Bertz CT molecular complexity index is 934. The summed E-state index contributed by atoms with van der Waals surface area (Å²) < 4.78 is 8.25. The molecule has 0 radical (unpaired) electrons. The molecule has 112 valence electrons. The predicted molar refractivity (Wildman–Crippen MR) is 79.6 cm³/mol. The van der Waals surface area contributed by atoms with Crippen LogP contribution in [0.2, 0.25) is 0 Å². The minimum Gasteiger partial charge on any atom is -0.407 e. The van der Waals surface area contributed by atoms with E-state index in [0.717, 1.165) is 16.9 Å². The molecule has 3 aromatic rings. The Morgan fingerprint density at radius 3 is 3.14 bits per heavy atom. The van der Waals surface area contributed by atoms with Crippen LogP contribution in [-0.4, -0.2) is 20.0 Å². The summed E-state index contributed by atoms with van der Waals surface area (Å²) >= 11 is 0. The number of nitrogen functional groups attached to an aromatic ring is 1. The molecule has 1 aromatic carbocycles. The standard InChI is InChI=1S/C15H14N4O3/c16-10-1-2-12-11(8-10)19(15(21)22-12)14(20)9-3-5-18-6-4-17-13(18)7-9/h1-2,4,6,8-9H,3,5,7,16H2. The quantitative estimate of drug-likeness (QED) is 0.683. The van der Waals surface area contributed by atoms with E-state index < -0.39 is 5.76 Å². The minimum absolute atomic E-state index is 0.261. The molecule has 7 nitrogen and oxygen atoms in total. The number of carbonyl (C=O) groups excluding carboxylic acids is 1. The molecule has 2 N–H and O–H groups in total. The summed E-state index contributed by atoms with van der Waals surface area (Å²) in [4.78, 5) is 29.1. The van der Waals surface area contributed by atoms with Gasteiger partial charge in [-0.15, -0.1) is 0 Å². The molecule has 0 bridgehead atoms. The van der Waals surface area contributed by atoms with Gasteiger partial charge in [0, 0.05) is 37.0 Å². The van der Waals surface area contributed by atoms with Gasteiger partial charge in [0.05, 0.1) is 0 Å². The van der Waals surface area contributed by atoms with Crippen molar-refractivity contribution in [3.05, 3.63) is 47.0 Å². The third-order valence-electron chi connectivity index (χ3n) is 4.12. The van der Waals surface area contributed by atoms with E-state index in [2.05, 4.69) is 4.98 Å². The maximum atomic E-state index is 12.8. The van der Waals surface area contributed by atoms with Gasteiger partial charge in [-0.05, 0) is 24.6 Å². The van der Waals surface area contributed by atoms with E-state index in [9.17, 15) is 9.59 Å². The second-order valence-electron chi connectivity index (χ2n) is 5.50. The van der Waals surface area contributed by atoms with Gasteiger partial charge in [-0.1, -0.05) is 0 Å². The third kappa shape index (κ3) is 1.86. The summed E-state index contributed by atoms with van der Waals surface area (Å²) in [6.07, 6.45) is 4.81. The van der Waals surface area contributed by atoms with Crippen LogP contribution in [0.25, 0.3) is 11.1 Å². The van der Waals surface area contributed by atoms with Gasteiger partial charge in [-0.3, -0.25) is 4.79 Å². The van der Waals surface area contributed by atoms with Crippen LogP contribution in [0.1, 0.15) is 17.0 Å². The lowest BCUT2D eigenvalue weighted by Gasteiger charge is -2.21. The first-order valence-electron chi connectivity index (χ1n) is 7.09. The van der Waals surface area contributed by atoms with E-state index in [1.807, 2.05) is 10.8 Å². The number of rotatable bonds is 1. The van der Waals surface area contributed by atoms with Gasteiger partial charge >= 0.3 is 5.76 Å². The molecule has 0 spiro atoms. The smallest absolute Gasteiger partial charge is 0.407 e. The first-order valence-corrected chi connectivity index (χ1v) is 7.09. The topological polar surface area (TPSA) is 96.0 Å². The lowest BCUT2D eigenvalue weighted by molar-refractivity contribution is 0.0807. The number of nitrogens with two attached hydrogens (primary N) is 1. The van der Waals surface area contributed by atoms with E-state index in [-0.39, 0.29) is 11.8 Å². The fourth-order valence-electron chi connectivity index (χ4n) is 2.99. The summed E-state index contributed by atoms with van der Waals surface area (Å²) in [7, 11) is 0. The zero-order valence-corrected chi connectivity index (χ0v) is 11.7. The SMILES string of the molecule is Nc1ccc2oc(=O)n(C(=O)C3CCn4ccnc4C3)c2c1. The summed E-state index contributed by atoms with van der Waals surface area (Å²) in [5.41, 5.74) is 7.01. The Kier molecular flexibility index (Phi) is 2.69. The number of aryl methyl sites for hydroxylation is 1. The van der Waals surface area contributed by atoms with Gasteiger partial charge < -0.3 is 14.7 Å². The molecule has 7 heteroatoms. The van der Waals surface area contributed by atoms with E-state index >= 15 is 0 Å². The molecule has 0 saturated carbocycles. The zero-order valence-electron chi connectivity index (χ0n) is 11.7. The maximum Gasteiger partial charge on any atom is 0.426 e.